The summed E-state index contributed by atoms with van der Waals surface area (Å²) in [5.41, 5.74) is 0. The van der Waals surface area contributed by atoms with Crippen molar-refractivity contribution in [3.63, 3.8) is 0 Å². The normalized spacial score (nSPS) is 19.3. The van der Waals surface area contributed by atoms with Gasteiger partial charge >= 0.3 is 5.97 Å². The predicted octanol–water partition coefficient (Wildman–Crippen LogP) is -0.384. The van der Waals surface area contributed by atoms with Crippen LogP contribution in [0.15, 0.2) is 0 Å². The van der Waals surface area contributed by atoms with Crippen molar-refractivity contribution in [3.05, 3.63) is 0 Å². The quantitative estimate of drug-likeness (QED) is 0.224. The largest absolute Gasteiger partial charge is 0.480 e. The molecular weight excluding hydrogens is 416 g/mol. The van der Waals surface area contributed by atoms with Crippen molar-refractivity contribution in [2.24, 2.45) is 5.92 Å². The van der Waals surface area contributed by atoms with Crippen molar-refractivity contribution in [1.82, 2.24) is 21.3 Å². The molecule has 9 nitrogen and oxygen atoms in total. The van der Waals surface area contributed by atoms with Crippen LogP contribution in [0.2, 0.25) is 0 Å². The van der Waals surface area contributed by atoms with Crippen molar-refractivity contribution in [2.75, 3.05) is 24.3 Å². The molecule has 0 saturated carbocycles. The summed E-state index contributed by atoms with van der Waals surface area (Å²) in [7, 11) is 0. The summed E-state index contributed by atoms with van der Waals surface area (Å²) in [6.45, 7) is 4.12. The fourth-order valence-corrected chi connectivity index (χ4v) is 3.65. The zero-order valence-corrected chi connectivity index (χ0v) is 18.8. The van der Waals surface area contributed by atoms with E-state index >= 15 is 0 Å². The number of carbonyl (C=O) groups excluding carboxylic acids is 3. The van der Waals surface area contributed by atoms with Gasteiger partial charge in [0.15, 0.2) is 0 Å². The standard InChI is InChI=1S/C18H32N4O5S2/c1-10(2)14(18(26)27)22-17(25)13(9-28)21-16(24)12(6-8-29-3)20-15(23)11-5-4-7-19-11/h10-14,19,28H,4-9H2,1-3H3,(H,20,23)(H,21,24)(H,22,25)(H,26,27). The maximum Gasteiger partial charge on any atom is 0.326 e. The molecule has 0 radical (unpaired) electrons. The first-order chi connectivity index (χ1) is 13.7. The molecule has 0 aromatic heterocycles. The number of hydrogen-bond donors (Lipinski definition) is 6. The number of thioether (sulfide) groups is 1. The molecule has 4 atom stereocenters. The highest BCUT2D eigenvalue weighted by Crippen LogP contribution is 2.08. The molecule has 0 aliphatic carbocycles. The molecule has 4 unspecified atom stereocenters. The number of aliphatic carboxylic acids is 1. The summed E-state index contributed by atoms with van der Waals surface area (Å²) >= 11 is 5.66. The average molecular weight is 449 g/mol. The van der Waals surface area contributed by atoms with E-state index in [1.54, 1.807) is 25.6 Å². The first-order valence-electron chi connectivity index (χ1n) is 9.68. The minimum Gasteiger partial charge on any atom is -0.480 e. The Hall–Kier alpha value is -1.46. The van der Waals surface area contributed by atoms with Gasteiger partial charge in [0.05, 0.1) is 6.04 Å². The highest BCUT2D eigenvalue weighted by molar-refractivity contribution is 7.98. The van der Waals surface area contributed by atoms with E-state index in [2.05, 4.69) is 33.9 Å². The highest BCUT2D eigenvalue weighted by Gasteiger charge is 2.31. The molecule has 1 aliphatic rings. The number of thiol groups is 1. The van der Waals surface area contributed by atoms with E-state index in [4.69, 9.17) is 0 Å². The van der Waals surface area contributed by atoms with Gasteiger partial charge in [-0.25, -0.2) is 4.79 Å². The molecule has 1 saturated heterocycles. The molecule has 1 rings (SSSR count). The first-order valence-corrected chi connectivity index (χ1v) is 11.7. The predicted molar refractivity (Wildman–Crippen MR) is 116 cm³/mol. The molecular formula is C18H32N4O5S2. The lowest BCUT2D eigenvalue weighted by atomic mass is 10.0. The van der Waals surface area contributed by atoms with Crippen molar-refractivity contribution >= 4 is 48.1 Å². The van der Waals surface area contributed by atoms with Gasteiger partial charge in [0, 0.05) is 5.75 Å². The molecule has 166 valence electrons. The van der Waals surface area contributed by atoms with Crippen LogP contribution < -0.4 is 21.3 Å². The maximum absolute atomic E-state index is 12.7. The van der Waals surface area contributed by atoms with Crippen LogP contribution in [0.3, 0.4) is 0 Å². The second-order valence-electron chi connectivity index (χ2n) is 7.30. The third-order valence-corrected chi connectivity index (χ3v) is 5.68. The molecule has 29 heavy (non-hydrogen) atoms. The number of hydrogen-bond acceptors (Lipinski definition) is 7. The van der Waals surface area contributed by atoms with Crippen LogP contribution in [0.1, 0.15) is 33.1 Å². The van der Waals surface area contributed by atoms with Gasteiger partial charge in [-0.2, -0.15) is 24.4 Å². The fourth-order valence-electron chi connectivity index (χ4n) is 2.92. The number of carboxylic acids is 1. The van der Waals surface area contributed by atoms with Crippen LogP contribution in [0.4, 0.5) is 0 Å². The van der Waals surface area contributed by atoms with E-state index in [9.17, 15) is 24.3 Å². The molecule has 1 fully saturated rings. The summed E-state index contributed by atoms with van der Waals surface area (Å²) in [5.74, 6) is -2.16. The van der Waals surface area contributed by atoms with Crippen LogP contribution >= 0.6 is 24.4 Å². The minimum absolute atomic E-state index is 0.00458. The minimum atomic E-state index is -1.15. The van der Waals surface area contributed by atoms with Crippen LogP contribution in [-0.4, -0.2) is 77.3 Å². The number of amides is 3. The summed E-state index contributed by atoms with van der Waals surface area (Å²) in [6.07, 6.45) is 3.94. The average Bonchev–Trinajstić information content (AvgIpc) is 3.21. The van der Waals surface area contributed by atoms with E-state index in [1.165, 1.54) is 0 Å². The second kappa shape index (κ2) is 13.0. The van der Waals surface area contributed by atoms with Crippen molar-refractivity contribution in [2.45, 2.75) is 57.3 Å². The van der Waals surface area contributed by atoms with E-state index in [0.717, 1.165) is 19.4 Å². The number of carbonyl (C=O) groups is 4. The zero-order chi connectivity index (χ0) is 22.0. The van der Waals surface area contributed by atoms with Crippen molar-refractivity contribution < 1.29 is 24.3 Å². The number of carboxylic acid groups (broad SMARTS) is 1. The molecule has 11 heteroatoms. The van der Waals surface area contributed by atoms with Crippen molar-refractivity contribution in [1.29, 1.82) is 0 Å². The van der Waals surface area contributed by atoms with Crippen LogP contribution in [-0.2, 0) is 19.2 Å². The Morgan fingerprint density at radius 3 is 2.28 bits per heavy atom. The van der Waals surface area contributed by atoms with Gasteiger partial charge in [-0.05, 0) is 43.7 Å². The third kappa shape index (κ3) is 8.43. The summed E-state index contributed by atoms with van der Waals surface area (Å²) in [6, 6.07) is -3.18. The lowest BCUT2D eigenvalue weighted by Gasteiger charge is -2.25. The summed E-state index contributed by atoms with van der Waals surface area (Å²) in [5, 5.41) is 20.1. The number of rotatable bonds is 12. The Morgan fingerprint density at radius 2 is 1.79 bits per heavy atom. The Labute approximate surface area is 181 Å². The topological polar surface area (TPSA) is 137 Å². The molecule has 1 heterocycles. The molecule has 0 aromatic rings. The summed E-state index contributed by atoms with van der Waals surface area (Å²) < 4.78 is 0. The Balaban J connectivity index is 2.76. The Bertz CT molecular complexity index is 585. The van der Waals surface area contributed by atoms with Crippen LogP contribution in [0.5, 0.6) is 0 Å². The van der Waals surface area contributed by atoms with E-state index in [0.29, 0.717) is 12.2 Å². The van der Waals surface area contributed by atoms with Gasteiger partial charge in [-0.15, -0.1) is 0 Å². The molecule has 3 amide bonds. The first kappa shape index (κ1) is 25.6. The third-order valence-electron chi connectivity index (χ3n) is 4.67. The Morgan fingerprint density at radius 1 is 1.14 bits per heavy atom. The lowest BCUT2D eigenvalue weighted by Crippen LogP contribution is -2.58. The fraction of sp³-hybridized carbons (Fsp3) is 0.778. The van der Waals surface area contributed by atoms with E-state index in [1.807, 2.05) is 6.26 Å². The smallest absolute Gasteiger partial charge is 0.326 e. The SMILES string of the molecule is CSCCC(NC(=O)C1CCCN1)C(=O)NC(CS)C(=O)NC(C(=O)O)C(C)C. The second-order valence-corrected chi connectivity index (χ2v) is 8.65. The lowest BCUT2D eigenvalue weighted by molar-refractivity contribution is -0.143. The molecule has 0 aromatic carbocycles. The van der Waals surface area contributed by atoms with E-state index < -0.39 is 35.9 Å². The van der Waals surface area contributed by atoms with Gasteiger partial charge in [-0.1, -0.05) is 13.8 Å². The van der Waals surface area contributed by atoms with Crippen LogP contribution in [0.25, 0.3) is 0 Å². The Kier molecular flexibility index (Phi) is 11.4. The maximum atomic E-state index is 12.7. The van der Waals surface area contributed by atoms with Gasteiger partial charge < -0.3 is 26.4 Å². The van der Waals surface area contributed by atoms with Crippen LogP contribution in [0, 0.1) is 5.92 Å². The highest BCUT2D eigenvalue weighted by atomic mass is 32.2. The zero-order valence-electron chi connectivity index (χ0n) is 17.1. The monoisotopic (exact) mass is 448 g/mol. The van der Waals surface area contributed by atoms with Gasteiger partial charge in [-0.3, -0.25) is 14.4 Å². The molecule has 0 bridgehead atoms. The number of nitrogens with one attached hydrogen (secondary N) is 4. The van der Waals surface area contributed by atoms with E-state index in [-0.39, 0.29) is 23.6 Å². The van der Waals surface area contributed by atoms with Gasteiger partial charge in [0.25, 0.3) is 0 Å². The summed E-state index contributed by atoms with van der Waals surface area (Å²) in [4.78, 5) is 48.9. The molecule has 0 spiro atoms. The van der Waals surface area contributed by atoms with Gasteiger partial charge in [0.2, 0.25) is 17.7 Å². The van der Waals surface area contributed by atoms with Crippen molar-refractivity contribution in [3.8, 4) is 0 Å². The van der Waals surface area contributed by atoms with Gasteiger partial charge in [0.1, 0.15) is 18.1 Å². The molecule has 5 N–H and O–H groups in total. The molecule has 1 aliphatic heterocycles.